The van der Waals surface area contributed by atoms with Gasteiger partial charge in [0.2, 0.25) is 0 Å². The van der Waals surface area contributed by atoms with Crippen molar-refractivity contribution in [1.82, 2.24) is 0 Å². The normalized spacial score (nSPS) is 18.5. The number of hydrogen-bond acceptors (Lipinski definition) is 5. The molecule has 0 amide bonds. The van der Waals surface area contributed by atoms with Crippen molar-refractivity contribution in [3.63, 3.8) is 0 Å². The van der Waals surface area contributed by atoms with Gasteiger partial charge in [-0.15, -0.1) is 0 Å². The minimum atomic E-state index is -0.816. The van der Waals surface area contributed by atoms with E-state index in [1.54, 1.807) is 0 Å². The van der Waals surface area contributed by atoms with E-state index in [4.69, 9.17) is 24.1 Å². The fourth-order valence-electron chi connectivity index (χ4n) is 5.21. The molecule has 6 nitrogen and oxygen atoms in total. The molecule has 36 heavy (non-hydrogen) atoms. The van der Waals surface area contributed by atoms with Crippen LogP contribution >= 0.6 is 0 Å². The Hall–Kier alpha value is -3.51. The van der Waals surface area contributed by atoms with E-state index in [-0.39, 0.29) is 18.4 Å². The molecule has 1 fully saturated rings. The number of fused-ring (bicyclic) bond motifs is 1. The van der Waals surface area contributed by atoms with Crippen LogP contribution in [0.2, 0.25) is 0 Å². The van der Waals surface area contributed by atoms with E-state index in [0.717, 1.165) is 29.9 Å². The Balaban J connectivity index is 1.32. The number of carboxylic acid groups (broad SMARTS) is 1. The number of aryl methyl sites for hydroxylation is 2. The predicted octanol–water partition coefficient (Wildman–Crippen LogP) is 5.98. The first kappa shape index (κ1) is 24.2. The Labute approximate surface area is 211 Å². The van der Waals surface area contributed by atoms with Crippen molar-refractivity contribution < 1.29 is 28.8 Å². The van der Waals surface area contributed by atoms with E-state index in [9.17, 15) is 4.79 Å². The van der Waals surface area contributed by atoms with E-state index >= 15 is 0 Å². The summed E-state index contributed by atoms with van der Waals surface area (Å²) in [4.78, 5) is 11.1. The summed E-state index contributed by atoms with van der Waals surface area (Å²) >= 11 is 0. The van der Waals surface area contributed by atoms with E-state index in [0.29, 0.717) is 31.3 Å². The van der Waals surface area contributed by atoms with Crippen molar-refractivity contribution in [3.8, 4) is 28.4 Å². The van der Waals surface area contributed by atoms with Gasteiger partial charge in [-0.3, -0.25) is 4.79 Å². The van der Waals surface area contributed by atoms with Gasteiger partial charge in [0.05, 0.1) is 26.2 Å². The van der Waals surface area contributed by atoms with Gasteiger partial charge < -0.3 is 24.1 Å². The van der Waals surface area contributed by atoms with Gasteiger partial charge in [-0.2, -0.15) is 0 Å². The molecule has 0 aromatic heterocycles. The maximum Gasteiger partial charge on any atom is 0.304 e. The molecule has 2 atom stereocenters. The fraction of sp³-hybridized carbons (Fsp3) is 0.367. The van der Waals surface area contributed by atoms with E-state index in [1.807, 2.05) is 18.2 Å². The highest BCUT2D eigenvalue weighted by Crippen LogP contribution is 2.39. The lowest BCUT2D eigenvalue weighted by molar-refractivity contribution is -0.137. The van der Waals surface area contributed by atoms with Crippen LogP contribution < -0.4 is 14.2 Å². The second-order valence-corrected chi connectivity index (χ2v) is 9.72. The molecule has 0 bridgehead atoms. The molecule has 1 N–H and O–H groups in total. The zero-order chi connectivity index (χ0) is 25.2. The van der Waals surface area contributed by atoms with Crippen LogP contribution in [0.3, 0.4) is 0 Å². The molecule has 0 radical (unpaired) electrons. The third-order valence-corrected chi connectivity index (χ3v) is 7.09. The van der Waals surface area contributed by atoms with Crippen LogP contribution in [0, 0.1) is 20.8 Å². The highest BCUT2D eigenvalue weighted by molar-refractivity contribution is 5.75. The van der Waals surface area contributed by atoms with Crippen LogP contribution in [0.4, 0.5) is 0 Å². The Kier molecular flexibility index (Phi) is 6.88. The molecule has 0 aliphatic carbocycles. The average Bonchev–Trinajstić information content (AvgIpc) is 3.48. The van der Waals surface area contributed by atoms with E-state index in [2.05, 4.69) is 51.1 Å². The van der Waals surface area contributed by atoms with Gasteiger partial charge in [0.15, 0.2) is 0 Å². The summed E-state index contributed by atoms with van der Waals surface area (Å²) in [5.41, 5.74) is 7.99. The zero-order valence-corrected chi connectivity index (χ0v) is 21.0. The topological polar surface area (TPSA) is 74.2 Å². The van der Waals surface area contributed by atoms with Gasteiger partial charge in [0.25, 0.3) is 0 Å². The molecule has 6 heteroatoms. The highest BCUT2D eigenvalue weighted by atomic mass is 16.5. The van der Waals surface area contributed by atoms with E-state index < -0.39 is 5.97 Å². The van der Waals surface area contributed by atoms with Gasteiger partial charge >= 0.3 is 5.97 Å². The number of carboxylic acids is 1. The quantitative estimate of drug-likeness (QED) is 0.421. The Morgan fingerprint density at radius 3 is 2.56 bits per heavy atom. The minimum absolute atomic E-state index is 0.0696. The van der Waals surface area contributed by atoms with Crippen LogP contribution in [0.25, 0.3) is 11.1 Å². The monoisotopic (exact) mass is 488 g/mol. The minimum Gasteiger partial charge on any atom is -0.492 e. The van der Waals surface area contributed by atoms with Crippen molar-refractivity contribution in [2.24, 2.45) is 0 Å². The molecule has 3 aromatic carbocycles. The Morgan fingerprint density at radius 2 is 1.83 bits per heavy atom. The molecule has 1 saturated heterocycles. The molecule has 2 aliphatic heterocycles. The van der Waals surface area contributed by atoms with Gasteiger partial charge in [-0.1, -0.05) is 24.3 Å². The van der Waals surface area contributed by atoms with Crippen molar-refractivity contribution in [1.29, 1.82) is 0 Å². The van der Waals surface area contributed by atoms with Crippen molar-refractivity contribution in [2.45, 2.75) is 52.2 Å². The first-order valence-corrected chi connectivity index (χ1v) is 12.4. The van der Waals surface area contributed by atoms with Crippen LogP contribution in [0.1, 0.15) is 46.6 Å². The van der Waals surface area contributed by atoms with Crippen LogP contribution in [-0.2, 0) is 16.1 Å². The standard InChI is InChI=1S/C30H32O6/c1-18-11-25(36-24-9-10-33-17-24)12-19(2)30(18)26-6-4-5-21(20(26)3)15-34-23-7-8-27-22(13-29(31)32)16-35-28(27)14-23/h4-8,11-12,14,22,24H,9-10,13,15-17H2,1-3H3,(H,31,32)/t22-,24+/m1/s1. The summed E-state index contributed by atoms with van der Waals surface area (Å²) < 4.78 is 23.4. The molecule has 188 valence electrons. The number of carbonyl (C=O) groups is 1. The number of aliphatic carboxylic acids is 1. The average molecular weight is 489 g/mol. The number of benzene rings is 3. The molecule has 0 spiro atoms. The molecule has 3 aromatic rings. The van der Waals surface area contributed by atoms with Crippen LogP contribution in [-0.4, -0.2) is 37.0 Å². The largest absolute Gasteiger partial charge is 0.492 e. The summed E-state index contributed by atoms with van der Waals surface area (Å²) in [5, 5.41) is 9.11. The number of rotatable bonds is 8. The molecule has 0 unspecified atom stereocenters. The maximum atomic E-state index is 11.1. The van der Waals surface area contributed by atoms with Crippen molar-refractivity contribution in [2.75, 3.05) is 19.8 Å². The SMILES string of the molecule is Cc1cc(O[C@H]2CCOC2)cc(C)c1-c1cccc(COc2ccc3c(c2)OC[C@H]3CC(=O)O)c1C. The fourth-order valence-corrected chi connectivity index (χ4v) is 5.21. The van der Waals surface area contributed by atoms with Gasteiger partial charge in [-0.05, 0) is 72.4 Å². The molecule has 2 heterocycles. The number of ether oxygens (including phenoxy) is 4. The lowest BCUT2D eigenvalue weighted by Gasteiger charge is -2.19. The molecule has 0 saturated carbocycles. The molecule has 2 aliphatic rings. The zero-order valence-electron chi connectivity index (χ0n) is 21.0. The lowest BCUT2D eigenvalue weighted by atomic mass is 9.90. The summed E-state index contributed by atoms with van der Waals surface area (Å²) in [6.45, 7) is 8.63. The van der Waals surface area contributed by atoms with Crippen LogP contribution in [0.15, 0.2) is 48.5 Å². The molecule has 5 rings (SSSR count). The summed E-state index contributed by atoms with van der Waals surface area (Å²) in [5.74, 6) is 1.38. The first-order chi connectivity index (χ1) is 17.4. The molecular weight excluding hydrogens is 456 g/mol. The highest BCUT2D eigenvalue weighted by Gasteiger charge is 2.26. The van der Waals surface area contributed by atoms with E-state index in [1.165, 1.54) is 27.8 Å². The molecular formula is C30H32O6. The third-order valence-electron chi connectivity index (χ3n) is 7.09. The first-order valence-electron chi connectivity index (χ1n) is 12.4. The summed E-state index contributed by atoms with van der Waals surface area (Å²) in [7, 11) is 0. The second kappa shape index (κ2) is 10.2. The van der Waals surface area contributed by atoms with Gasteiger partial charge in [0.1, 0.15) is 30.0 Å². The lowest BCUT2D eigenvalue weighted by Crippen LogP contribution is -2.15. The number of hydrogen-bond donors (Lipinski definition) is 1. The summed E-state index contributed by atoms with van der Waals surface area (Å²) in [6, 6.07) is 16.2. The predicted molar refractivity (Wildman–Crippen MR) is 137 cm³/mol. The smallest absolute Gasteiger partial charge is 0.304 e. The van der Waals surface area contributed by atoms with Crippen molar-refractivity contribution in [3.05, 3.63) is 76.3 Å². The second-order valence-electron chi connectivity index (χ2n) is 9.72. The maximum absolute atomic E-state index is 11.1. The van der Waals surface area contributed by atoms with Crippen LogP contribution in [0.5, 0.6) is 17.2 Å². The van der Waals surface area contributed by atoms with Gasteiger partial charge in [-0.25, -0.2) is 0 Å². The van der Waals surface area contributed by atoms with Gasteiger partial charge in [0, 0.05) is 24.0 Å². The Bertz CT molecular complexity index is 1250. The third kappa shape index (κ3) is 5.05. The summed E-state index contributed by atoms with van der Waals surface area (Å²) in [6.07, 6.45) is 1.13. The Morgan fingerprint density at radius 1 is 1.03 bits per heavy atom. The van der Waals surface area contributed by atoms with Crippen molar-refractivity contribution >= 4 is 5.97 Å².